The second kappa shape index (κ2) is 34.5. The first-order chi connectivity index (χ1) is 45.9. The summed E-state index contributed by atoms with van der Waals surface area (Å²) in [6, 6.07) is 135. The molecular formula is C94H88. The molecule has 0 nitrogen and oxygen atoms in total. The third kappa shape index (κ3) is 18.6. The highest BCUT2D eigenvalue weighted by molar-refractivity contribution is 5.82. The first-order valence-electron chi connectivity index (χ1n) is 32.7. The number of benzene rings is 14. The number of fused-ring (bicyclic) bond motifs is 6. The quantitative estimate of drug-likeness (QED) is 0.165. The molecule has 14 aromatic rings. The van der Waals surface area contributed by atoms with Gasteiger partial charge in [0.25, 0.3) is 0 Å². The van der Waals surface area contributed by atoms with E-state index in [1.54, 1.807) is 0 Å². The fourth-order valence-corrected chi connectivity index (χ4v) is 12.0. The molecule has 0 aliphatic heterocycles. The molecular weight excluding hydrogens is 1130 g/mol. The highest BCUT2D eigenvalue weighted by atomic mass is 14.4. The van der Waals surface area contributed by atoms with E-state index in [0.717, 1.165) is 0 Å². The molecule has 0 bridgehead atoms. The van der Waals surface area contributed by atoms with E-state index in [-0.39, 0.29) is 10.8 Å². The highest BCUT2D eigenvalue weighted by Crippen LogP contribution is 2.49. The van der Waals surface area contributed by atoms with Crippen LogP contribution in [0, 0.1) is 27.7 Å². The fourth-order valence-electron chi connectivity index (χ4n) is 12.0. The molecule has 0 heterocycles. The lowest BCUT2D eigenvalue weighted by atomic mass is 9.82. The van der Waals surface area contributed by atoms with Crippen LogP contribution in [0.25, 0.3) is 66.8 Å². The molecule has 0 spiro atoms. The first-order valence-corrected chi connectivity index (χ1v) is 32.7. The Morgan fingerprint density at radius 1 is 0.160 bits per heavy atom. The summed E-state index contributed by atoms with van der Waals surface area (Å²) in [7, 11) is 0. The molecule has 0 fully saturated rings. The molecule has 2 aliphatic rings. The van der Waals surface area contributed by atoms with Crippen molar-refractivity contribution < 1.29 is 0 Å². The summed E-state index contributed by atoms with van der Waals surface area (Å²) in [5.74, 6) is 0. The van der Waals surface area contributed by atoms with Crippen molar-refractivity contribution in [2.45, 2.75) is 66.2 Å². The van der Waals surface area contributed by atoms with Crippen LogP contribution in [-0.2, 0) is 10.8 Å². The van der Waals surface area contributed by atoms with Gasteiger partial charge in [-0.05, 0) is 128 Å². The molecule has 14 aromatic carbocycles. The van der Waals surface area contributed by atoms with E-state index in [9.17, 15) is 0 Å². The summed E-state index contributed by atoms with van der Waals surface area (Å²) in [6.45, 7) is 17.8. The van der Waals surface area contributed by atoms with Gasteiger partial charge in [0.2, 0.25) is 0 Å². The molecule has 0 heteroatoms. The van der Waals surface area contributed by atoms with E-state index in [0.29, 0.717) is 0 Å². The summed E-state index contributed by atoms with van der Waals surface area (Å²) in [6.07, 6.45) is 0. The highest BCUT2D eigenvalue weighted by Gasteiger charge is 2.35. The standard InChI is InChI=1S/2C15H14.2C14H14.2C12H10.2C6H6/c2*1-15(2)13-9-5-3-7-11(13)12-8-4-6-10-14(12)15;1-11-5-3-7-13(9-11)14-8-4-6-12(2)10-14;1-11-7-3-5-9-13(11)14-10-6-4-8-12(14)2;2*1-3-7-11(8-4-1)12-9-5-2-6-10-12;2*1-2-4-6-5-3-1/h2*3-10H,1-2H3;2*3-10H,1-2H3;2*1-10H;2*1-6H. The van der Waals surface area contributed by atoms with Gasteiger partial charge >= 0.3 is 0 Å². The number of rotatable bonds is 4. The largest absolute Gasteiger partial charge is 0.0623 e. The lowest BCUT2D eigenvalue weighted by molar-refractivity contribution is 0.660. The van der Waals surface area contributed by atoms with Gasteiger partial charge in [-0.1, -0.05) is 427 Å². The molecule has 2 aliphatic carbocycles. The first kappa shape index (κ1) is 67.5. The Kier molecular flexibility index (Phi) is 24.8. The smallest absolute Gasteiger partial charge is 0.0158 e. The van der Waals surface area contributed by atoms with Crippen LogP contribution in [0.5, 0.6) is 0 Å². The Morgan fingerprint density at radius 3 is 0.564 bits per heavy atom. The second-order valence-electron chi connectivity index (χ2n) is 24.6. The van der Waals surface area contributed by atoms with Crippen molar-refractivity contribution in [2.24, 2.45) is 0 Å². The zero-order valence-electron chi connectivity index (χ0n) is 56.0. The van der Waals surface area contributed by atoms with Crippen LogP contribution in [0.4, 0.5) is 0 Å². The van der Waals surface area contributed by atoms with Gasteiger partial charge in [-0.3, -0.25) is 0 Å². The minimum Gasteiger partial charge on any atom is -0.0623 e. The molecule has 0 saturated carbocycles. The minimum absolute atomic E-state index is 0.160. The maximum Gasteiger partial charge on any atom is 0.0158 e. The lowest BCUT2D eigenvalue weighted by Gasteiger charge is -2.20. The summed E-state index contributed by atoms with van der Waals surface area (Å²) in [4.78, 5) is 0. The third-order valence-electron chi connectivity index (χ3n) is 17.0. The maximum atomic E-state index is 2.30. The van der Waals surface area contributed by atoms with Gasteiger partial charge in [-0.25, -0.2) is 0 Å². The molecule has 0 atom stereocenters. The van der Waals surface area contributed by atoms with Crippen LogP contribution < -0.4 is 0 Å². The SMILES string of the molecule is CC1(C)c2ccccc2-c2ccccc21.CC1(C)c2ccccc2-c2ccccc21.Cc1cccc(-c2cccc(C)c2)c1.Cc1ccccc1-c1ccccc1C.c1ccc(-c2ccccc2)cc1.c1ccc(-c2ccccc2)cc1.c1ccccc1.c1ccccc1. The number of hydrogen-bond donors (Lipinski definition) is 0. The lowest BCUT2D eigenvalue weighted by Crippen LogP contribution is -2.14. The van der Waals surface area contributed by atoms with Gasteiger partial charge < -0.3 is 0 Å². The molecule has 0 saturated heterocycles. The summed E-state index contributed by atoms with van der Waals surface area (Å²) < 4.78 is 0. The van der Waals surface area contributed by atoms with Crippen molar-refractivity contribution in [1.82, 2.24) is 0 Å². The normalized spacial score (nSPS) is 11.6. The van der Waals surface area contributed by atoms with Crippen LogP contribution in [0.15, 0.2) is 388 Å². The van der Waals surface area contributed by atoms with Gasteiger partial charge in [0, 0.05) is 10.8 Å². The molecule has 0 unspecified atom stereocenters. The fraction of sp³-hybridized carbons (Fsp3) is 0.106. The van der Waals surface area contributed by atoms with Crippen molar-refractivity contribution in [2.75, 3.05) is 0 Å². The molecule has 94 heavy (non-hydrogen) atoms. The average molecular weight is 1220 g/mol. The predicted octanol–water partition coefficient (Wildman–Crippen LogP) is 26.0. The molecule has 16 rings (SSSR count). The van der Waals surface area contributed by atoms with E-state index in [4.69, 9.17) is 0 Å². The van der Waals surface area contributed by atoms with Crippen molar-refractivity contribution >= 4 is 0 Å². The molecule has 0 N–H and O–H groups in total. The van der Waals surface area contributed by atoms with Crippen molar-refractivity contribution in [3.05, 3.63) is 433 Å². The Hall–Kier alpha value is -10.9. The number of hydrogen-bond acceptors (Lipinski definition) is 0. The summed E-state index contributed by atoms with van der Waals surface area (Å²) >= 11 is 0. The van der Waals surface area contributed by atoms with Crippen molar-refractivity contribution in [3.63, 3.8) is 0 Å². The van der Waals surface area contributed by atoms with Gasteiger partial charge in [-0.2, -0.15) is 0 Å². The molecule has 0 amide bonds. The molecule has 464 valence electrons. The summed E-state index contributed by atoms with van der Waals surface area (Å²) in [5.41, 5.74) is 27.4. The molecule has 0 radical (unpaired) electrons. The van der Waals surface area contributed by atoms with Gasteiger partial charge in [0.1, 0.15) is 0 Å². The zero-order chi connectivity index (χ0) is 65.8. The van der Waals surface area contributed by atoms with Gasteiger partial charge in [0.15, 0.2) is 0 Å². The van der Waals surface area contributed by atoms with E-state index >= 15 is 0 Å². The third-order valence-corrected chi connectivity index (χ3v) is 17.0. The minimum atomic E-state index is 0.160. The van der Waals surface area contributed by atoms with E-state index < -0.39 is 0 Å². The maximum absolute atomic E-state index is 2.30. The number of aryl methyl sites for hydroxylation is 4. The summed E-state index contributed by atoms with van der Waals surface area (Å²) in [5, 5.41) is 0. The van der Waals surface area contributed by atoms with E-state index in [2.05, 4.69) is 347 Å². The van der Waals surface area contributed by atoms with E-state index in [1.807, 2.05) is 97.1 Å². The Bertz CT molecular complexity index is 3970. The topological polar surface area (TPSA) is 0 Å². The van der Waals surface area contributed by atoms with Crippen molar-refractivity contribution in [3.8, 4) is 66.8 Å². The van der Waals surface area contributed by atoms with Crippen LogP contribution in [-0.4, -0.2) is 0 Å². The predicted molar refractivity (Wildman–Crippen MR) is 407 cm³/mol. The van der Waals surface area contributed by atoms with Crippen molar-refractivity contribution in [1.29, 1.82) is 0 Å². The monoisotopic (exact) mass is 1220 g/mol. The van der Waals surface area contributed by atoms with Crippen LogP contribution in [0.2, 0.25) is 0 Å². The Balaban J connectivity index is 0.000000128. The average Bonchev–Trinajstić information content (AvgIpc) is 1.60. The van der Waals surface area contributed by atoms with Gasteiger partial charge in [0.05, 0.1) is 0 Å². The Labute approximate surface area is 562 Å². The van der Waals surface area contributed by atoms with Crippen LogP contribution >= 0.6 is 0 Å². The molecule has 0 aromatic heterocycles. The zero-order valence-corrected chi connectivity index (χ0v) is 56.0. The van der Waals surface area contributed by atoms with Crippen LogP contribution in [0.3, 0.4) is 0 Å². The Morgan fingerprint density at radius 2 is 0.340 bits per heavy atom. The van der Waals surface area contributed by atoms with Crippen LogP contribution in [0.1, 0.15) is 72.2 Å². The van der Waals surface area contributed by atoms with Gasteiger partial charge in [-0.15, -0.1) is 0 Å². The van der Waals surface area contributed by atoms with E-state index in [1.165, 1.54) is 111 Å². The second-order valence-corrected chi connectivity index (χ2v) is 24.6.